The second-order valence-electron chi connectivity index (χ2n) is 4.38. The van der Waals surface area contributed by atoms with Crippen LogP contribution in [-0.4, -0.2) is 23.3 Å². The first kappa shape index (κ1) is 17.5. The fraction of sp³-hybridized carbons (Fsp3) is 0.200. The number of ether oxygens (including phenoxy) is 1. The number of carbonyl (C=O) groups excluding carboxylic acids is 1. The molecule has 122 valence electrons. The molecule has 1 N–H and O–H groups in total. The van der Waals surface area contributed by atoms with Crippen molar-refractivity contribution in [3.63, 3.8) is 0 Å². The summed E-state index contributed by atoms with van der Waals surface area (Å²) in [6.45, 7) is -2.55. The summed E-state index contributed by atoms with van der Waals surface area (Å²) in [7, 11) is 0. The smallest absolute Gasteiger partial charge is 0.387 e. The Hall–Kier alpha value is -1.86. The molecule has 0 aliphatic carbocycles. The molecule has 1 aromatic heterocycles. The van der Waals surface area contributed by atoms with E-state index in [1.807, 2.05) is 0 Å². The average Bonchev–Trinajstić information content (AvgIpc) is 2.53. The highest BCUT2D eigenvalue weighted by Gasteiger charge is 2.07. The number of nitrogens with zero attached hydrogens (tertiary/aromatic N) is 1. The number of aromatic nitrogens is 1. The van der Waals surface area contributed by atoms with Crippen molar-refractivity contribution < 1.29 is 18.3 Å². The molecule has 1 amide bonds. The summed E-state index contributed by atoms with van der Waals surface area (Å²) >= 11 is 7.19. The van der Waals surface area contributed by atoms with Crippen molar-refractivity contribution >= 4 is 29.3 Å². The molecule has 23 heavy (non-hydrogen) atoms. The number of amides is 1. The molecule has 2 aromatic rings. The summed E-state index contributed by atoms with van der Waals surface area (Å²) in [6.07, 6.45) is 1.61. The first-order valence-electron chi connectivity index (χ1n) is 6.58. The highest BCUT2D eigenvalue weighted by Crippen LogP contribution is 2.23. The van der Waals surface area contributed by atoms with Gasteiger partial charge in [-0.3, -0.25) is 4.79 Å². The molecule has 1 heterocycles. The Morgan fingerprint density at radius 3 is 2.70 bits per heavy atom. The van der Waals surface area contributed by atoms with Crippen molar-refractivity contribution in [2.75, 3.05) is 5.75 Å². The van der Waals surface area contributed by atoms with E-state index in [0.717, 1.165) is 5.56 Å². The summed E-state index contributed by atoms with van der Waals surface area (Å²) in [6, 6.07) is 9.50. The van der Waals surface area contributed by atoms with Gasteiger partial charge >= 0.3 is 6.61 Å². The Balaban J connectivity index is 1.77. The average molecular weight is 359 g/mol. The van der Waals surface area contributed by atoms with Gasteiger partial charge in [0.1, 0.15) is 10.8 Å². The van der Waals surface area contributed by atoms with Crippen LogP contribution in [0, 0.1) is 0 Å². The van der Waals surface area contributed by atoms with Crippen molar-refractivity contribution in [1.29, 1.82) is 0 Å². The van der Waals surface area contributed by atoms with Crippen molar-refractivity contribution in [1.82, 2.24) is 10.3 Å². The predicted octanol–water partition coefficient (Wildman–Crippen LogP) is 3.74. The van der Waals surface area contributed by atoms with Crippen LogP contribution in [0.4, 0.5) is 8.78 Å². The lowest BCUT2D eigenvalue weighted by Gasteiger charge is -2.07. The van der Waals surface area contributed by atoms with E-state index in [1.54, 1.807) is 30.5 Å². The number of nitrogens with one attached hydrogen (secondary N) is 1. The van der Waals surface area contributed by atoms with Gasteiger partial charge in [0.2, 0.25) is 5.91 Å². The molecular weight excluding hydrogens is 346 g/mol. The number of thioether (sulfide) groups is 1. The molecule has 4 nitrogen and oxygen atoms in total. The zero-order chi connectivity index (χ0) is 16.7. The molecule has 8 heteroatoms. The van der Waals surface area contributed by atoms with E-state index in [0.29, 0.717) is 16.6 Å². The summed E-state index contributed by atoms with van der Waals surface area (Å²) in [5.74, 6) is 0.0867. The molecular formula is C15H13ClF2N2O2S. The van der Waals surface area contributed by atoms with Gasteiger partial charge in [-0.05, 0) is 29.8 Å². The molecule has 0 fully saturated rings. The van der Waals surface area contributed by atoms with Crippen LogP contribution in [0.3, 0.4) is 0 Å². The fourth-order valence-electron chi connectivity index (χ4n) is 1.65. The maximum absolute atomic E-state index is 12.0. The number of pyridine rings is 1. The van der Waals surface area contributed by atoms with Crippen LogP contribution >= 0.6 is 23.4 Å². The maximum Gasteiger partial charge on any atom is 0.387 e. The Bertz CT molecular complexity index is 656. The quantitative estimate of drug-likeness (QED) is 0.766. The molecule has 0 bridgehead atoms. The zero-order valence-corrected chi connectivity index (χ0v) is 13.4. The molecule has 0 atom stereocenters. The second-order valence-corrected chi connectivity index (χ2v) is 5.75. The van der Waals surface area contributed by atoms with E-state index in [9.17, 15) is 13.6 Å². The van der Waals surface area contributed by atoms with E-state index in [4.69, 9.17) is 11.6 Å². The van der Waals surface area contributed by atoms with Gasteiger partial charge in [0.05, 0.1) is 10.8 Å². The molecule has 0 unspecified atom stereocenters. The topological polar surface area (TPSA) is 51.2 Å². The van der Waals surface area contributed by atoms with Gasteiger partial charge in [-0.25, -0.2) is 4.98 Å². The van der Waals surface area contributed by atoms with Crippen molar-refractivity contribution in [3.8, 4) is 5.75 Å². The van der Waals surface area contributed by atoms with E-state index in [1.165, 1.54) is 23.9 Å². The number of carbonyl (C=O) groups is 1. The summed E-state index contributed by atoms with van der Waals surface area (Å²) in [5, 5.41) is 3.82. The van der Waals surface area contributed by atoms with Gasteiger partial charge < -0.3 is 10.1 Å². The number of hydrogen-bond acceptors (Lipinski definition) is 4. The Kier molecular flexibility index (Phi) is 6.61. The lowest BCUT2D eigenvalue weighted by atomic mass is 10.2. The molecule has 0 spiro atoms. The minimum Gasteiger partial charge on any atom is -0.435 e. The SMILES string of the molecule is O=C(CSc1ncccc1Cl)NCc1ccc(OC(F)F)cc1. The standard InChI is InChI=1S/C15H13ClF2N2O2S/c16-12-2-1-7-19-14(12)23-9-13(21)20-8-10-3-5-11(6-4-10)22-15(17)18/h1-7,15H,8-9H2,(H,20,21). The molecule has 0 radical (unpaired) electrons. The van der Waals surface area contributed by atoms with Gasteiger partial charge in [0, 0.05) is 12.7 Å². The van der Waals surface area contributed by atoms with Gasteiger partial charge in [0.15, 0.2) is 0 Å². The number of halogens is 3. The lowest BCUT2D eigenvalue weighted by Crippen LogP contribution is -2.24. The highest BCUT2D eigenvalue weighted by molar-refractivity contribution is 8.00. The van der Waals surface area contributed by atoms with Crippen molar-refractivity contribution in [2.24, 2.45) is 0 Å². The van der Waals surface area contributed by atoms with E-state index in [-0.39, 0.29) is 17.4 Å². The van der Waals surface area contributed by atoms with Crippen LogP contribution in [-0.2, 0) is 11.3 Å². The third-order valence-electron chi connectivity index (χ3n) is 2.70. The molecule has 0 saturated heterocycles. The molecule has 2 rings (SSSR count). The normalized spacial score (nSPS) is 10.6. The van der Waals surface area contributed by atoms with Crippen LogP contribution < -0.4 is 10.1 Å². The monoisotopic (exact) mass is 358 g/mol. The molecule has 0 aliphatic heterocycles. The van der Waals surface area contributed by atoms with Crippen LogP contribution in [0.15, 0.2) is 47.6 Å². The zero-order valence-electron chi connectivity index (χ0n) is 11.8. The minimum atomic E-state index is -2.85. The minimum absolute atomic E-state index is 0.0791. The Morgan fingerprint density at radius 1 is 1.30 bits per heavy atom. The van der Waals surface area contributed by atoms with Crippen molar-refractivity contribution in [3.05, 3.63) is 53.2 Å². The van der Waals surface area contributed by atoms with E-state index in [2.05, 4.69) is 15.0 Å². The number of rotatable bonds is 7. The molecule has 0 saturated carbocycles. The lowest BCUT2D eigenvalue weighted by molar-refractivity contribution is -0.118. The highest BCUT2D eigenvalue weighted by atomic mass is 35.5. The third-order valence-corrected chi connectivity index (χ3v) is 4.13. The third kappa shape index (κ3) is 6.03. The predicted molar refractivity (Wildman–Crippen MR) is 84.9 cm³/mol. The van der Waals surface area contributed by atoms with Gasteiger partial charge in [0.25, 0.3) is 0 Å². The Morgan fingerprint density at radius 2 is 2.04 bits per heavy atom. The Labute approximate surface area is 141 Å². The molecule has 0 aliphatic rings. The van der Waals surface area contributed by atoms with Crippen LogP contribution in [0.1, 0.15) is 5.56 Å². The number of benzene rings is 1. The van der Waals surface area contributed by atoms with E-state index >= 15 is 0 Å². The maximum atomic E-state index is 12.0. The van der Waals surface area contributed by atoms with Crippen LogP contribution in [0.5, 0.6) is 5.75 Å². The molecule has 1 aromatic carbocycles. The van der Waals surface area contributed by atoms with Gasteiger partial charge in [-0.15, -0.1) is 0 Å². The second kappa shape index (κ2) is 8.69. The van der Waals surface area contributed by atoms with Crippen molar-refractivity contribution in [2.45, 2.75) is 18.2 Å². The van der Waals surface area contributed by atoms with Gasteiger partial charge in [-0.2, -0.15) is 8.78 Å². The number of hydrogen-bond donors (Lipinski definition) is 1. The summed E-state index contributed by atoms with van der Waals surface area (Å²) in [5.41, 5.74) is 0.779. The first-order valence-corrected chi connectivity index (χ1v) is 7.94. The van der Waals surface area contributed by atoms with Gasteiger partial charge in [-0.1, -0.05) is 35.5 Å². The fourth-order valence-corrected chi connectivity index (χ4v) is 2.65. The summed E-state index contributed by atoms with van der Waals surface area (Å²) in [4.78, 5) is 15.9. The first-order chi connectivity index (χ1) is 11.0. The number of alkyl halides is 2. The van der Waals surface area contributed by atoms with Crippen LogP contribution in [0.25, 0.3) is 0 Å². The van der Waals surface area contributed by atoms with E-state index < -0.39 is 6.61 Å². The largest absolute Gasteiger partial charge is 0.435 e. The summed E-state index contributed by atoms with van der Waals surface area (Å²) < 4.78 is 28.3. The van der Waals surface area contributed by atoms with Crippen LogP contribution in [0.2, 0.25) is 5.02 Å².